The first kappa shape index (κ1) is 19.4. The number of unbranched alkanes of at least 4 members (excludes halogenated alkanes) is 4. The fourth-order valence-electron chi connectivity index (χ4n) is 3.92. The molecule has 0 aliphatic carbocycles. The summed E-state index contributed by atoms with van der Waals surface area (Å²) in [5.41, 5.74) is 4.10. The van der Waals surface area contributed by atoms with Crippen molar-refractivity contribution in [1.29, 1.82) is 0 Å². The summed E-state index contributed by atoms with van der Waals surface area (Å²) in [6, 6.07) is 32.9. The van der Waals surface area contributed by atoms with Gasteiger partial charge in [0.05, 0.1) is 0 Å². The molecule has 0 heterocycles. The van der Waals surface area contributed by atoms with Gasteiger partial charge in [-0.15, -0.1) is 0 Å². The lowest BCUT2D eigenvalue weighted by molar-refractivity contribution is 0.563. The van der Waals surface area contributed by atoms with Crippen LogP contribution in [0.25, 0.3) is 0 Å². The molecule has 1 unspecified atom stereocenters. The minimum atomic E-state index is 0.428. The fourth-order valence-corrected chi connectivity index (χ4v) is 3.92. The molecule has 0 saturated heterocycles. The van der Waals surface area contributed by atoms with Gasteiger partial charge in [-0.3, -0.25) is 0 Å². The van der Waals surface area contributed by atoms with Crippen LogP contribution in [0, 0.1) is 5.92 Å². The maximum atomic E-state index is 2.29. The molecule has 0 N–H and O–H groups in total. The highest BCUT2D eigenvalue weighted by molar-refractivity contribution is 5.51. The van der Waals surface area contributed by atoms with E-state index < -0.39 is 0 Å². The Morgan fingerprint density at radius 2 is 1.07 bits per heavy atom. The van der Waals surface area contributed by atoms with Crippen molar-refractivity contribution in [2.24, 2.45) is 0 Å². The summed E-state index contributed by atoms with van der Waals surface area (Å²) >= 11 is 0. The van der Waals surface area contributed by atoms with Gasteiger partial charge >= 0.3 is 0 Å². The average molecular weight is 356 g/mol. The zero-order valence-corrected chi connectivity index (χ0v) is 16.5. The molecule has 139 valence electrons. The Hall–Kier alpha value is -2.34. The Labute approximate surface area is 165 Å². The number of hydrogen-bond acceptors (Lipinski definition) is 0. The van der Waals surface area contributed by atoms with Gasteiger partial charge in [-0.25, -0.2) is 0 Å². The second-order valence-corrected chi connectivity index (χ2v) is 7.31. The second-order valence-electron chi connectivity index (χ2n) is 7.31. The molecule has 0 aromatic heterocycles. The first-order valence-electron chi connectivity index (χ1n) is 10.4. The van der Waals surface area contributed by atoms with Gasteiger partial charge in [0, 0.05) is 5.92 Å². The largest absolute Gasteiger partial charge is 0.0654 e. The Morgan fingerprint density at radius 1 is 0.593 bits per heavy atom. The first-order valence-corrected chi connectivity index (χ1v) is 10.4. The third kappa shape index (κ3) is 5.57. The van der Waals surface area contributed by atoms with Gasteiger partial charge in [-0.2, -0.15) is 0 Å². The highest BCUT2D eigenvalue weighted by atomic mass is 14.3. The van der Waals surface area contributed by atoms with E-state index in [1.165, 1.54) is 61.1 Å². The topological polar surface area (TPSA) is 0 Å². The van der Waals surface area contributed by atoms with Crippen molar-refractivity contribution in [2.75, 3.05) is 0 Å². The lowest BCUT2D eigenvalue weighted by atomic mass is 9.75. The maximum absolute atomic E-state index is 2.29. The minimum Gasteiger partial charge on any atom is -0.0654 e. The summed E-state index contributed by atoms with van der Waals surface area (Å²) in [5, 5.41) is 0. The van der Waals surface area contributed by atoms with Gasteiger partial charge in [0.1, 0.15) is 0 Å². The molecule has 0 spiro atoms. The van der Waals surface area contributed by atoms with Crippen molar-refractivity contribution in [3.63, 3.8) is 0 Å². The molecule has 0 saturated carbocycles. The van der Waals surface area contributed by atoms with Gasteiger partial charge in [-0.05, 0) is 29.0 Å². The second kappa shape index (κ2) is 10.7. The molecule has 3 aromatic rings. The Balaban J connectivity index is 1.92. The zero-order chi connectivity index (χ0) is 18.7. The van der Waals surface area contributed by atoms with E-state index in [9.17, 15) is 0 Å². The lowest BCUT2D eigenvalue weighted by Crippen LogP contribution is -2.14. The molecule has 0 aliphatic rings. The summed E-state index contributed by atoms with van der Waals surface area (Å²) in [7, 11) is 0. The number of rotatable bonds is 10. The molecule has 3 aromatic carbocycles. The van der Waals surface area contributed by atoms with E-state index in [2.05, 4.69) is 97.9 Å². The molecule has 27 heavy (non-hydrogen) atoms. The number of benzene rings is 3. The molecule has 1 radical (unpaired) electrons. The lowest BCUT2D eigenvalue weighted by Gasteiger charge is -2.28. The third-order valence-electron chi connectivity index (χ3n) is 5.32. The fraction of sp³-hybridized carbons (Fsp3) is 0.296. The quantitative estimate of drug-likeness (QED) is 0.325. The average Bonchev–Trinajstić information content (AvgIpc) is 2.75. The van der Waals surface area contributed by atoms with E-state index in [-0.39, 0.29) is 0 Å². The van der Waals surface area contributed by atoms with E-state index in [1.54, 1.807) is 0 Å². The summed E-state index contributed by atoms with van der Waals surface area (Å²) in [6.07, 6.45) is 7.81. The van der Waals surface area contributed by atoms with Crippen LogP contribution in [0.5, 0.6) is 0 Å². The van der Waals surface area contributed by atoms with Crippen LogP contribution < -0.4 is 0 Å². The van der Waals surface area contributed by atoms with Gasteiger partial charge in [0.2, 0.25) is 0 Å². The van der Waals surface area contributed by atoms with Crippen molar-refractivity contribution >= 4 is 0 Å². The normalized spacial score (nSPS) is 12.2. The zero-order valence-electron chi connectivity index (χ0n) is 16.5. The van der Waals surface area contributed by atoms with E-state index in [4.69, 9.17) is 0 Å². The highest BCUT2D eigenvalue weighted by Gasteiger charge is 2.26. The monoisotopic (exact) mass is 355 g/mol. The van der Waals surface area contributed by atoms with Gasteiger partial charge < -0.3 is 0 Å². The maximum Gasteiger partial charge on any atom is 0.0414 e. The summed E-state index contributed by atoms with van der Waals surface area (Å²) in [6.45, 7) is 2.28. The summed E-state index contributed by atoms with van der Waals surface area (Å²) in [5.74, 6) is 1.88. The molecule has 3 rings (SSSR count). The van der Waals surface area contributed by atoms with Crippen LogP contribution in [0.2, 0.25) is 0 Å². The van der Waals surface area contributed by atoms with Crippen molar-refractivity contribution in [1.82, 2.24) is 0 Å². The molecule has 0 bridgehead atoms. The third-order valence-corrected chi connectivity index (χ3v) is 5.32. The van der Waals surface area contributed by atoms with Gasteiger partial charge in [-0.1, -0.05) is 130 Å². The minimum absolute atomic E-state index is 0.428. The van der Waals surface area contributed by atoms with E-state index in [0.717, 1.165) is 0 Å². The van der Waals surface area contributed by atoms with Crippen molar-refractivity contribution in [3.8, 4) is 0 Å². The van der Waals surface area contributed by atoms with Crippen LogP contribution in [-0.4, -0.2) is 0 Å². The Bertz CT molecular complexity index is 706. The summed E-state index contributed by atoms with van der Waals surface area (Å²) in [4.78, 5) is 0. The van der Waals surface area contributed by atoms with E-state index in [0.29, 0.717) is 5.92 Å². The van der Waals surface area contributed by atoms with Crippen molar-refractivity contribution < 1.29 is 0 Å². The van der Waals surface area contributed by atoms with Crippen LogP contribution in [0.1, 0.15) is 68.1 Å². The van der Waals surface area contributed by atoms with Crippen molar-refractivity contribution in [2.45, 2.75) is 51.4 Å². The standard InChI is InChI=1S/C27H31/c1-2-3-4-5-15-22-26(23-16-9-6-10-17-23)27(24-18-11-7-12-19-24)25-20-13-8-14-21-25/h6-14,16-21,26H,2-5,15,22H2,1H3. The van der Waals surface area contributed by atoms with Gasteiger partial charge in [0.25, 0.3) is 0 Å². The smallest absolute Gasteiger partial charge is 0.0414 e. The molecule has 0 heteroatoms. The van der Waals surface area contributed by atoms with Gasteiger partial charge in [0.15, 0.2) is 0 Å². The van der Waals surface area contributed by atoms with E-state index in [1.807, 2.05) is 0 Å². The van der Waals surface area contributed by atoms with E-state index >= 15 is 0 Å². The molecule has 1 atom stereocenters. The highest BCUT2D eigenvalue weighted by Crippen LogP contribution is 2.40. The first-order chi connectivity index (χ1) is 13.4. The van der Waals surface area contributed by atoms with Crippen molar-refractivity contribution in [3.05, 3.63) is 114 Å². The predicted molar refractivity (Wildman–Crippen MR) is 117 cm³/mol. The summed E-state index contributed by atoms with van der Waals surface area (Å²) < 4.78 is 0. The molecule has 0 fully saturated rings. The molecule has 0 amide bonds. The Kier molecular flexibility index (Phi) is 7.71. The van der Waals surface area contributed by atoms with Crippen LogP contribution in [0.4, 0.5) is 0 Å². The SMILES string of the molecule is CCCCCCCC([C](c1ccccc1)c1ccccc1)c1ccccc1. The number of hydrogen-bond donors (Lipinski definition) is 0. The van der Waals surface area contributed by atoms with Crippen LogP contribution in [0.3, 0.4) is 0 Å². The predicted octanol–water partition coefficient (Wildman–Crippen LogP) is 7.80. The molecule has 0 nitrogen and oxygen atoms in total. The molecule has 0 aliphatic heterocycles. The molecular weight excluding hydrogens is 324 g/mol. The van der Waals surface area contributed by atoms with Crippen LogP contribution in [-0.2, 0) is 0 Å². The Morgan fingerprint density at radius 3 is 1.59 bits per heavy atom. The van der Waals surface area contributed by atoms with Crippen LogP contribution >= 0.6 is 0 Å². The van der Waals surface area contributed by atoms with Crippen LogP contribution in [0.15, 0.2) is 91.0 Å². The molecular formula is C27H31.